The number of nitrogens with one attached hydrogen (secondary N) is 1. The molecule has 0 fully saturated rings. The molecule has 0 aliphatic carbocycles. The molecule has 0 atom stereocenters. The lowest BCUT2D eigenvalue weighted by Crippen LogP contribution is -2.05. The Morgan fingerprint density at radius 1 is 1.17 bits per heavy atom. The molecule has 96 valence electrons. The Labute approximate surface area is 104 Å². The lowest BCUT2D eigenvalue weighted by atomic mass is 10.2. The summed E-state index contributed by atoms with van der Waals surface area (Å²) in [6.07, 6.45) is 0.864. The summed E-state index contributed by atoms with van der Waals surface area (Å²) in [5.41, 5.74) is 2.39. The number of halogens is 2. The lowest BCUT2D eigenvalue weighted by molar-refractivity contribution is 0.584. The van der Waals surface area contributed by atoms with Crippen molar-refractivity contribution in [2.24, 2.45) is 7.05 Å². The lowest BCUT2D eigenvalue weighted by Gasteiger charge is -2.06. The van der Waals surface area contributed by atoms with Crippen molar-refractivity contribution < 1.29 is 8.78 Å². The van der Waals surface area contributed by atoms with Gasteiger partial charge in [-0.15, -0.1) is 0 Å². The van der Waals surface area contributed by atoms with Crippen LogP contribution in [0.5, 0.6) is 0 Å². The molecule has 2 rings (SSSR count). The highest BCUT2D eigenvalue weighted by atomic mass is 19.1. The molecule has 0 amide bonds. The normalized spacial score (nSPS) is 10.7. The number of nitrogens with zero attached hydrogens (tertiary/aromatic N) is 2. The first-order chi connectivity index (χ1) is 8.58. The zero-order chi connectivity index (χ0) is 13.1. The Morgan fingerprint density at radius 3 is 2.39 bits per heavy atom. The maximum Gasteiger partial charge on any atom is 0.128 e. The van der Waals surface area contributed by atoms with E-state index >= 15 is 0 Å². The van der Waals surface area contributed by atoms with Crippen LogP contribution in [-0.2, 0) is 20.0 Å². The maximum atomic E-state index is 13.0. The smallest absolute Gasteiger partial charge is 0.128 e. The molecule has 5 heteroatoms. The molecular weight excluding hydrogens is 236 g/mol. The molecule has 3 nitrogen and oxygen atoms in total. The first-order valence-corrected chi connectivity index (χ1v) is 5.80. The average Bonchev–Trinajstić information content (AvgIpc) is 2.66. The molecule has 18 heavy (non-hydrogen) atoms. The predicted molar refractivity (Wildman–Crippen MR) is 66.3 cm³/mol. The van der Waals surface area contributed by atoms with E-state index in [1.807, 2.05) is 20.0 Å². The molecule has 0 spiro atoms. The standard InChI is InChI=1S/C13H15F2N3/c1-3-11-7-13(18(2)17-11)8-16-12-5-9(14)4-10(15)6-12/h4-7,16H,3,8H2,1-2H3. The van der Waals surface area contributed by atoms with Crippen LogP contribution in [-0.4, -0.2) is 9.78 Å². The Bertz CT molecular complexity index is 529. The van der Waals surface area contributed by atoms with Gasteiger partial charge in [0, 0.05) is 18.8 Å². The van der Waals surface area contributed by atoms with E-state index in [2.05, 4.69) is 10.4 Å². The minimum atomic E-state index is -0.586. The molecule has 0 unspecified atom stereocenters. The van der Waals surface area contributed by atoms with E-state index in [1.165, 1.54) is 12.1 Å². The third-order valence-corrected chi connectivity index (χ3v) is 2.73. The second-order valence-corrected chi connectivity index (χ2v) is 4.12. The van der Waals surface area contributed by atoms with E-state index in [9.17, 15) is 8.78 Å². The molecule has 0 aliphatic heterocycles. The minimum absolute atomic E-state index is 0.423. The first kappa shape index (κ1) is 12.5. The minimum Gasteiger partial charge on any atom is -0.379 e. The monoisotopic (exact) mass is 251 g/mol. The van der Waals surface area contributed by atoms with Crippen LogP contribution in [0.25, 0.3) is 0 Å². The van der Waals surface area contributed by atoms with Crippen molar-refractivity contribution in [3.63, 3.8) is 0 Å². The highest BCUT2D eigenvalue weighted by Gasteiger charge is 2.05. The Balaban J connectivity index is 2.08. The van der Waals surface area contributed by atoms with Gasteiger partial charge in [-0.1, -0.05) is 6.92 Å². The van der Waals surface area contributed by atoms with Gasteiger partial charge in [0.15, 0.2) is 0 Å². The number of anilines is 1. The number of benzene rings is 1. The SMILES string of the molecule is CCc1cc(CNc2cc(F)cc(F)c2)n(C)n1. The number of aromatic nitrogens is 2. The molecule has 0 saturated carbocycles. The average molecular weight is 251 g/mol. The van der Waals surface area contributed by atoms with E-state index in [4.69, 9.17) is 0 Å². The Kier molecular flexibility index (Phi) is 3.60. The maximum absolute atomic E-state index is 13.0. The Hall–Kier alpha value is -1.91. The summed E-state index contributed by atoms with van der Waals surface area (Å²) in [5, 5.41) is 7.29. The van der Waals surface area contributed by atoms with E-state index < -0.39 is 11.6 Å². The van der Waals surface area contributed by atoms with Crippen LogP contribution in [0, 0.1) is 11.6 Å². The molecule has 1 aromatic carbocycles. The van der Waals surface area contributed by atoms with E-state index in [0.29, 0.717) is 12.2 Å². The Morgan fingerprint density at radius 2 is 1.83 bits per heavy atom. The number of hydrogen-bond acceptors (Lipinski definition) is 2. The summed E-state index contributed by atoms with van der Waals surface area (Å²) < 4.78 is 27.8. The van der Waals surface area contributed by atoms with Gasteiger partial charge in [0.2, 0.25) is 0 Å². The van der Waals surface area contributed by atoms with Gasteiger partial charge in [0.25, 0.3) is 0 Å². The molecule has 2 aromatic rings. The van der Waals surface area contributed by atoms with Gasteiger partial charge in [-0.3, -0.25) is 4.68 Å². The van der Waals surface area contributed by atoms with E-state index in [1.54, 1.807) is 4.68 Å². The van der Waals surface area contributed by atoms with Gasteiger partial charge in [0.1, 0.15) is 11.6 Å². The molecule has 0 saturated heterocycles. The summed E-state index contributed by atoms with van der Waals surface area (Å²) in [6.45, 7) is 2.51. The third-order valence-electron chi connectivity index (χ3n) is 2.73. The fourth-order valence-corrected chi connectivity index (χ4v) is 1.76. The summed E-state index contributed by atoms with van der Waals surface area (Å²) in [4.78, 5) is 0. The van der Waals surface area contributed by atoms with Crippen LogP contribution in [0.4, 0.5) is 14.5 Å². The van der Waals surface area contributed by atoms with Crippen LogP contribution < -0.4 is 5.32 Å². The molecule has 1 N–H and O–H groups in total. The summed E-state index contributed by atoms with van der Waals surface area (Å²) in [7, 11) is 1.85. The quantitative estimate of drug-likeness (QED) is 0.905. The summed E-state index contributed by atoms with van der Waals surface area (Å²) in [5.74, 6) is -1.17. The van der Waals surface area contributed by atoms with Crippen molar-refractivity contribution in [1.82, 2.24) is 9.78 Å². The van der Waals surface area contributed by atoms with Gasteiger partial charge < -0.3 is 5.32 Å². The highest BCUT2D eigenvalue weighted by Crippen LogP contribution is 2.14. The van der Waals surface area contributed by atoms with Crippen molar-refractivity contribution in [2.45, 2.75) is 19.9 Å². The van der Waals surface area contributed by atoms with Crippen molar-refractivity contribution in [2.75, 3.05) is 5.32 Å². The number of rotatable bonds is 4. The van der Waals surface area contributed by atoms with Crippen LogP contribution in [0.15, 0.2) is 24.3 Å². The third kappa shape index (κ3) is 2.85. The van der Waals surface area contributed by atoms with Gasteiger partial charge in [-0.25, -0.2) is 8.78 Å². The highest BCUT2D eigenvalue weighted by molar-refractivity contribution is 5.44. The van der Waals surface area contributed by atoms with Gasteiger partial charge in [0.05, 0.1) is 17.9 Å². The molecular formula is C13H15F2N3. The zero-order valence-electron chi connectivity index (χ0n) is 10.4. The van der Waals surface area contributed by atoms with E-state index in [0.717, 1.165) is 23.9 Å². The van der Waals surface area contributed by atoms with Crippen molar-refractivity contribution in [3.8, 4) is 0 Å². The fraction of sp³-hybridized carbons (Fsp3) is 0.308. The second-order valence-electron chi connectivity index (χ2n) is 4.12. The topological polar surface area (TPSA) is 29.9 Å². The van der Waals surface area contributed by atoms with Crippen LogP contribution in [0.1, 0.15) is 18.3 Å². The molecule has 0 bridgehead atoms. The van der Waals surface area contributed by atoms with Crippen LogP contribution >= 0.6 is 0 Å². The van der Waals surface area contributed by atoms with Crippen molar-refractivity contribution in [1.29, 1.82) is 0 Å². The van der Waals surface area contributed by atoms with Crippen molar-refractivity contribution in [3.05, 3.63) is 47.3 Å². The van der Waals surface area contributed by atoms with Crippen LogP contribution in [0.3, 0.4) is 0 Å². The first-order valence-electron chi connectivity index (χ1n) is 5.80. The fourth-order valence-electron chi connectivity index (χ4n) is 1.76. The number of hydrogen-bond donors (Lipinski definition) is 1. The van der Waals surface area contributed by atoms with E-state index in [-0.39, 0.29) is 0 Å². The molecule has 0 radical (unpaired) electrons. The number of aryl methyl sites for hydroxylation is 2. The van der Waals surface area contributed by atoms with Crippen molar-refractivity contribution >= 4 is 5.69 Å². The second kappa shape index (κ2) is 5.16. The molecule has 0 aliphatic rings. The summed E-state index contributed by atoms with van der Waals surface area (Å²) >= 11 is 0. The van der Waals surface area contributed by atoms with Crippen LogP contribution in [0.2, 0.25) is 0 Å². The molecule has 1 heterocycles. The van der Waals surface area contributed by atoms with Gasteiger partial charge >= 0.3 is 0 Å². The van der Waals surface area contributed by atoms with Gasteiger partial charge in [-0.2, -0.15) is 5.10 Å². The predicted octanol–water partition coefficient (Wildman–Crippen LogP) is 2.87. The zero-order valence-corrected chi connectivity index (χ0v) is 10.4. The largest absolute Gasteiger partial charge is 0.379 e. The van der Waals surface area contributed by atoms with Gasteiger partial charge in [-0.05, 0) is 24.6 Å². The summed E-state index contributed by atoms with van der Waals surface area (Å²) in [6, 6.07) is 5.35. The molecule has 1 aromatic heterocycles.